The Kier molecular flexibility index (Phi) is 12.6. The van der Waals surface area contributed by atoms with Gasteiger partial charge in [-0.15, -0.1) is 68.0 Å². The van der Waals surface area contributed by atoms with Gasteiger partial charge in [0.1, 0.15) is 5.82 Å². The average Bonchev–Trinajstić information content (AvgIpc) is 3.99. The van der Waals surface area contributed by atoms with E-state index in [4.69, 9.17) is 0 Å². The number of fused-ring (bicyclic) bond motifs is 3. The standard InChI is InChI=1S/C48H59FS6/c1-11-15-17-28(13-3)23-30-19-21-35(51-30)39-32-25-37(44-45-41(34(49)27-50-45)46(55-44)48(8,9)10)53-42(32)40(33-26-38(47(5,6)7)54-43(33)39)36-22-20-31(52-36)24-29(14-4)18-16-12-2/h19-22,25-29H,11-18,23-24H2,1-10H3. The van der Waals surface area contributed by atoms with Crippen LogP contribution in [0.15, 0.2) is 41.8 Å². The van der Waals surface area contributed by atoms with E-state index in [9.17, 15) is 0 Å². The first-order chi connectivity index (χ1) is 26.2. The molecule has 0 N–H and O–H groups in total. The van der Waals surface area contributed by atoms with Crippen molar-refractivity contribution in [1.29, 1.82) is 0 Å². The van der Waals surface area contributed by atoms with Crippen molar-refractivity contribution in [3.8, 4) is 30.6 Å². The van der Waals surface area contributed by atoms with Crippen LogP contribution in [0.25, 0.3) is 60.9 Å². The van der Waals surface area contributed by atoms with Crippen molar-refractivity contribution in [3.63, 3.8) is 0 Å². The lowest BCUT2D eigenvalue weighted by Gasteiger charge is -2.16. The largest absolute Gasteiger partial charge is 0.205 e. The summed E-state index contributed by atoms with van der Waals surface area (Å²) in [6.07, 6.45) is 12.6. The average molecular weight is 847 g/mol. The molecule has 0 amide bonds. The van der Waals surface area contributed by atoms with Crippen LogP contribution in [0.1, 0.15) is 140 Å². The Morgan fingerprint density at radius 1 is 0.600 bits per heavy atom. The van der Waals surface area contributed by atoms with Crippen molar-refractivity contribution in [2.24, 2.45) is 11.8 Å². The van der Waals surface area contributed by atoms with Gasteiger partial charge in [0.05, 0.1) is 9.58 Å². The molecule has 7 rings (SSSR count). The van der Waals surface area contributed by atoms with Gasteiger partial charge < -0.3 is 0 Å². The van der Waals surface area contributed by atoms with E-state index in [1.807, 2.05) is 56.7 Å². The van der Waals surface area contributed by atoms with Crippen molar-refractivity contribution < 1.29 is 4.39 Å². The molecular weight excluding hydrogens is 788 g/mol. The summed E-state index contributed by atoms with van der Waals surface area (Å²) < 4.78 is 19.4. The fourth-order valence-electron chi connectivity index (χ4n) is 8.05. The van der Waals surface area contributed by atoms with Crippen LogP contribution in [0.2, 0.25) is 0 Å². The fraction of sp³-hybridized carbons (Fsp3) is 0.500. The summed E-state index contributed by atoms with van der Waals surface area (Å²) in [5.74, 6) is 1.40. The third-order valence-electron chi connectivity index (χ3n) is 11.4. The van der Waals surface area contributed by atoms with E-state index in [1.165, 1.54) is 130 Å². The molecule has 0 aliphatic carbocycles. The molecule has 6 aromatic heterocycles. The predicted molar refractivity (Wildman–Crippen MR) is 254 cm³/mol. The predicted octanol–water partition coefficient (Wildman–Crippen LogP) is 18.8. The van der Waals surface area contributed by atoms with Crippen LogP contribution in [0, 0.1) is 17.7 Å². The minimum absolute atomic E-state index is 0.0501. The van der Waals surface area contributed by atoms with E-state index < -0.39 is 0 Å². The van der Waals surface area contributed by atoms with Gasteiger partial charge in [-0.25, -0.2) is 4.39 Å². The minimum Gasteiger partial charge on any atom is -0.205 e. The summed E-state index contributed by atoms with van der Waals surface area (Å²) in [7, 11) is 0. The van der Waals surface area contributed by atoms with Gasteiger partial charge in [0.2, 0.25) is 0 Å². The molecule has 0 aliphatic rings. The van der Waals surface area contributed by atoms with Gasteiger partial charge in [-0.05, 0) is 71.9 Å². The molecule has 0 spiro atoms. The number of unbranched alkanes of at least 4 members (excludes halogenated alkanes) is 2. The SMILES string of the molecule is CCCCC(CC)Cc1ccc(-c2c3cc(C(C)(C)C)sc3c(-c3ccc(CC(CC)CCCC)s3)c3cc(-c4sc(C(C)(C)C)c5c(F)csc45)sc23)s1. The van der Waals surface area contributed by atoms with Gasteiger partial charge in [-0.2, -0.15) is 0 Å². The Balaban J connectivity index is 1.48. The van der Waals surface area contributed by atoms with Crippen LogP contribution in [0.5, 0.6) is 0 Å². The van der Waals surface area contributed by atoms with Gasteiger partial charge in [-0.1, -0.05) is 121 Å². The number of hydrogen-bond donors (Lipinski definition) is 0. The highest BCUT2D eigenvalue weighted by atomic mass is 32.1. The van der Waals surface area contributed by atoms with Crippen molar-refractivity contribution in [2.45, 2.75) is 144 Å². The Hall–Kier alpha value is -1.87. The van der Waals surface area contributed by atoms with Gasteiger partial charge in [-0.3, -0.25) is 0 Å². The quantitative estimate of drug-likeness (QED) is 0.0964. The van der Waals surface area contributed by atoms with Crippen molar-refractivity contribution >= 4 is 98.3 Å². The summed E-state index contributed by atoms with van der Waals surface area (Å²) in [4.78, 5) is 10.9. The molecule has 2 atom stereocenters. The van der Waals surface area contributed by atoms with Crippen LogP contribution in [0.4, 0.5) is 4.39 Å². The summed E-state index contributed by atoms with van der Waals surface area (Å²) in [5.41, 5.74) is 2.72. The fourth-order valence-corrected chi connectivity index (χ4v) is 15.7. The summed E-state index contributed by atoms with van der Waals surface area (Å²) in [6.45, 7) is 23.1. The molecule has 7 aromatic rings. The summed E-state index contributed by atoms with van der Waals surface area (Å²) in [5, 5.41) is 5.31. The molecule has 2 unspecified atom stereocenters. The van der Waals surface area contributed by atoms with E-state index in [0.29, 0.717) is 0 Å². The van der Waals surface area contributed by atoms with E-state index in [0.717, 1.165) is 26.8 Å². The van der Waals surface area contributed by atoms with Gasteiger partial charge >= 0.3 is 0 Å². The maximum Gasteiger partial charge on any atom is 0.142 e. The topological polar surface area (TPSA) is 0 Å². The Morgan fingerprint density at radius 2 is 1.15 bits per heavy atom. The number of thiophene rings is 6. The lowest BCUT2D eigenvalue weighted by molar-refractivity contribution is 0.452. The highest BCUT2D eigenvalue weighted by molar-refractivity contribution is 7.31. The smallest absolute Gasteiger partial charge is 0.142 e. The Bertz CT molecular complexity index is 2270. The molecular formula is C48H59FS6. The normalized spacial score (nSPS) is 13.9. The zero-order valence-corrected chi connectivity index (χ0v) is 39.5. The van der Waals surface area contributed by atoms with Crippen LogP contribution >= 0.6 is 68.0 Å². The molecule has 7 heteroatoms. The van der Waals surface area contributed by atoms with Crippen LogP contribution in [-0.4, -0.2) is 0 Å². The molecule has 0 nitrogen and oxygen atoms in total. The van der Waals surface area contributed by atoms with Crippen LogP contribution in [0.3, 0.4) is 0 Å². The molecule has 0 aliphatic heterocycles. The third-order valence-corrected chi connectivity index (χ3v) is 19.2. The molecule has 0 saturated heterocycles. The van der Waals surface area contributed by atoms with Crippen molar-refractivity contribution in [3.05, 3.63) is 67.1 Å². The minimum atomic E-state index is -0.135. The molecule has 55 heavy (non-hydrogen) atoms. The third kappa shape index (κ3) is 8.37. The number of benzene rings is 1. The highest BCUT2D eigenvalue weighted by Gasteiger charge is 2.30. The van der Waals surface area contributed by atoms with Crippen LogP contribution in [-0.2, 0) is 23.7 Å². The second-order valence-corrected chi connectivity index (χ2v) is 24.1. The van der Waals surface area contributed by atoms with Crippen molar-refractivity contribution in [2.75, 3.05) is 0 Å². The number of halogens is 1. The molecule has 0 saturated carbocycles. The zero-order valence-electron chi connectivity index (χ0n) is 34.6. The maximum atomic E-state index is 15.5. The second-order valence-electron chi connectivity index (χ2n) is 17.8. The van der Waals surface area contributed by atoms with E-state index >= 15 is 4.39 Å². The number of hydrogen-bond acceptors (Lipinski definition) is 6. The van der Waals surface area contributed by atoms with E-state index in [2.05, 4.69) is 106 Å². The molecule has 6 heterocycles. The van der Waals surface area contributed by atoms with Crippen LogP contribution < -0.4 is 0 Å². The Labute approximate surface area is 353 Å². The summed E-state index contributed by atoms with van der Waals surface area (Å²) in [6, 6.07) is 14.7. The first kappa shape index (κ1) is 41.3. The Morgan fingerprint density at radius 3 is 1.65 bits per heavy atom. The molecule has 0 radical (unpaired) electrons. The first-order valence-corrected chi connectivity index (χ1v) is 25.6. The molecule has 1 aromatic carbocycles. The lowest BCUT2D eigenvalue weighted by Crippen LogP contribution is -2.08. The van der Waals surface area contributed by atoms with E-state index in [1.54, 1.807) is 16.7 Å². The van der Waals surface area contributed by atoms with Gasteiger partial charge in [0, 0.05) is 76.2 Å². The van der Waals surface area contributed by atoms with Gasteiger partial charge in [0.15, 0.2) is 0 Å². The number of rotatable bonds is 15. The lowest BCUT2D eigenvalue weighted by atomic mass is 9.92. The highest BCUT2D eigenvalue weighted by Crippen LogP contribution is 2.56. The first-order valence-electron chi connectivity index (χ1n) is 20.7. The van der Waals surface area contributed by atoms with Crippen molar-refractivity contribution in [1.82, 2.24) is 0 Å². The van der Waals surface area contributed by atoms with E-state index in [-0.39, 0.29) is 16.6 Å². The molecule has 0 bridgehead atoms. The maximum absolute atomic E-state index is 15.5. The van der Waals surface area contributed by atoms with Gasteiger partial charge in [0.25, 0.3) is 0 Å². The monoisotopic (exact) mass is 846 g/mol. The molecule has 0 fully saturated rings. The zero-order chi connectivity index (χ0) is 39.2. The summed E-state index contributed by atoms with van der Waals surface area (Å²) >= 11 is 11.4. The second kappa shape index (κ2) is 16.8. The molecule has 294 valence electrons.